The third-order valence-corrected chi connectivity index (χ3v) is 4.12. The molecule has 0 aliphatic rings. The highest BCUT2D eigenvalue weighted by molar-refractivity contribution is 6.01. The van der Waals surface area contributed by atoms with Crippen molar-refractivity contribution in [1.29, 1.82) is 5.26 Å². The van der Waals surface area contributed by atoms with Crippen LogP contribution in [0.3, 0.4) is 0 Å². The Labute approximate surface area is 158 Å². The first-order valence-electron chi connectivity index (χ1n) is 8.64. The maximum absolute atomic E-state index is 12.3. The van der Waals surface area contributed by atoms with Crippen LogP contribution in [-0.2, 0) is 0 Å². The summed E-state index contributed by atoms with van der Waals surface area (Å²) >= 11 is 0. The second kappa shape index (κ2) is 8.54. The average Bonchev–Trinajstić information content (AvgIpc) is 2.70. The molecule has 3 rings (SSSR count). The quantitative estimate of drug-likeness (QED) is 0.575. The Morgan fingerprint density at radius 3 is 2.15 bits per heavy atom. The van der Waals surface area contributed by atoms with Crippen molar-refractivity contribution >= 4 is 23.1 Å². The maximum atomic E-state index is 12.3. The third kappa shape index (κ3) is 4.86. The summed E-state index contributed by atoms with van der Waals surface area (Å²) in [7, 11) is 0. The van der Waals surface area contributed by atoms with Crippen molar-refractivity contribution in [2.75, 3.05) is 16.0 Å². The standard InChI is InChI=1S/C22H20N4O/c1-16(18-7-3-2-4-8-18)24-20-9-5-6-10-21(20)26-22(27)25-19-13-11-17(15-23)12-14-19/h2-14,16,24H,1H3,(H2,25,26,27). The molecule has 0 fully saturated rings. The Morgan fingerprint density at radius 1 is 0.852 bits per heavy atom. The molecule has 0 saturated heterocycles. The number of urea groups is 1. The molecule has 1 atom stereocenters. The van der Waals surface area contributed by atoms with E-state index in [0.29, 0.717) is 16.9 Å². The first kappa shape index (κ1) is 18.0. The molecule has 0 aliphatic carbocycles. The summed E-state index contributed by atoms with van der Waals surface area (Å²) in [5.41, 5.74) is 3.85. The molecular formula is C22H20N4O. The summed E-state index contributed by atoms with van der Waals surface area (Å²) in [6.45, 7) is 2.07. The Bertz CT molecular complexity index is 946. The maximum Gasteiger partial charge on any atom is 0.323 e. The smallest absolute Gasteiger partial charge is 0.323 e. The second-order valence-corrected chi connectivity index (χ2v) is 6.09. The normalized spacial score (nSPS) is 11.1. The highest BCUT2D eigenvalue weighted by atomic mass is 16.2. The molecule has 5 heteroatoms. The van der Waals surface area contributed by atoms with E-state index in [0.717, 1.165) is 11.3 Å². The van der Waals surface area contributed by atoms with Crippen molar-refractivity contribution in [3.63, 3.8) is 0 Å². The van der Waals surface area contributed by atoms with Gasteiger partial charge in [-0.3, -0.25) is 0 Å². The summed E-state index contributed by atoms with van der Waals surface area (Å²) in [4.78, 5) is 12.3. The van der Waals surface area contributed by atoms with Crippen LogP contribution in [0.1, 0.15) is 24.1 Å². The van der Waals surface area contributed by atoms with Gasteiger partial charge in [0.1, 0.15) is 0 Å². The number of carbonyl (C=O) groups is 1. The van der Waals surface area contributed by atoms with E-state index < -0.39 is 0 Å². The number of hydrogen-bond donors (Lipinski definition) is 3. The Morgan fingerprint density at radius 2 is 1.48 bits per heavy atom. The number of amides is 2. The number of para-hydroxylation sites is 2. The van der Waals surface area contributed by atoms with Gasteiger partial charge in [-0.15, -0.1) is 0 Å². The van der Waals surface area contributed by atoms with Crippen LogP contribution in [0.5, 0.6) is 0 Å². The highest BCUT2D eigenvalue weighted by Crippen LogP contribution is 2.26. The van der Waals surface area contributed by atoms with Crippen LogP contribution < -0.4 is 16.0 Å². The summed E-state index contributed by atoms with van der Waals surface area (Å²) < 4.78 is 0. The van der Waals surface area contributed by atoms with Gasteiger partial charge in [-0.2, -0.15) is 5.26 Å². The molecule has 3 aromatic rings. The number of carbonyl (C=O) groups excluding carboxylic acids is 1. The zero-order chi connectivity index (χ0) is 19.1. The lowest BCUT2D eigenvalue weighted by Crippen LogP contribution is -2.20. The fourth-order valence-corrected chi connectivity index (χ4v) is 2.69. The molecule has 0 bridgehead atoms. The second-order valence-electron chi connectivity index (χ2n) is 6.09. The average molecular weight is 356 g/mol. The number of nitrogens with one attached hydrogen (secondary N) is 3. The number of benzene rings is 3. The molecule has 0 spiro atoms. The van der Waals surface area contributed by atoms with Gasteiger partial charge in [-0.25, -0.2) is 4.79 Å². The Balaban J connectivity index is 1.68. The van der Waals surface area contributed by atoms with Crippen molar-refractivity contribution in [1.82, 2.24) is 0 Å². The van der Waals surface area contributed by atoms with E-state index in [4.69, 9.17) is 5.26 Å². The number of rotatable bonds is 5. The van der Waals surface area contributed by atoms with Crippen molar-refractivity contribution in [3.05, 3.63) is 90.0 Å². The number of hydrogen-bond acceptors (Lipinski definition) is 3. The van der Waals surface area contributed by atoms with E-state index >= 15 is 0 Å². The van der Waals surface area contributed by atoms with Gasteiger partial charge in [0.05, 0.1) is 23.0 Å². The number of nitrogens with zero attached hydrogens (tertiary/aromatic N) is 1. The van der Waals surface area contributed by atoms with Crippen LogP contribution in [-0.4, -0.2) is 6.03 Å². The van der Waals surface area contributed by atoms with Gasteiger partial charge in [0.2, 0.25) is 0 Å². The first-order chi connectivity index (χ1) is 13.2. The minimum absolute atomic E-state index is 0.0933. The number of nitriles is 1. The van der Waals surface area contributed by atoms with Gasteiger partial charge in [0.25, 0.3) is 0 Å². The molecule has 134 valence electrons. The molecule has 0 aliphatic heterocycles. The van der Waals surface area contributed by atoms with E-state index in [1.54, 1.807) is 24.3 Å². The number of anilines is 3. The van der Waals surface area contributed by atoms with Gasteiger partial charge >= 0.3 is 6.03 Å². The topological polar surface area (TPSA) is 76.9 Å². The molecule has 2 amide bonds. The van der Waals surface area contributed by atoms with Crippen LogP contribution in [0, 0.1) is 11.3 Å². The molecule has 0 radical (unpaired) electrons. The largest absolute Gasteiger partial charge is 0.377 e. The van der Waals surface area contributed by atoms with E-state index in [2.05, 4.69) is 35.0 Å². The lowest BCUT2D eigenvalue weighted by molar-refractivity contribution is 0.262. The summed E-state index contributed by atoms with van der Waals surface area (Å²) in [5, 5.41) is 17.9. The van der Waals surface area contributed by atoms with Crippen molar-refractivity contribution in [3.8, 4) is 6.07 Å². The molecule has 1 unspecified atom stereocenters. The zero-order valence-electron chi connectivity index (χ0n) is 14.9. The molecular weight excluding hydrogens is 336 g/mol. The van der Waals surface area contributed by atoms with Crippen LogP contribution in [0.2, 0.25) is 0 Å². The minimum Gasteiger partial charge on any atom is -0.377 e. The van der Waals surface area contributed by atoms with Crippen molar-refractivity contribution in [2.45, 2.75) is 13.0 Å². The van der Waals surface area contributed by atoms with Crippen LogP contribution in [0.4, 0.5) is 21.9 Å². The van der Waals surface area contributed by atoms with E-state index in [1.165, 1.54) is 0 Å². The zero-order valence-corrected chi connectivity index (χ0v) is 14.9. The fraction of sp³-hybridized carbons (Fsp3) is 0.0909. The summed E-state index contributed by atoms with van der Waals surface area (Å²) in [6.07, 6.45) is 0. The van der Waals surface area contributed by atoms with Gasteiger partial charge in [-0.05, 0) is 48.9 Å². The monoisotopic (exact) mass is 356 g/mol. The highest BCUT2D eigenvalue weighted by Gasteiger charge is 2.10. The predicted octanol–water partition coefficient (Wildman–Crippen LogP) is 5.38. The van der Waals surface area contributed by atoms with Crippen LogP contribution >= 0.6 is 0 Å². The molecule has 0 saturated carbocycles. The summed E-state index contributed by atoms with van der Waals surface area (Å²) in [6, 6.07) is 26.2. The SMILES string of the molecule is CC(Nc1ccccc1NC(=O)Nc1ccc(C#N)cc1)c1ccccc1. The van der Waals surface area contributed by atoms with Crippen molar-refractivity contribution < 1.29 is 4.79 Å². The van der Waals surface area contributed by atoms with Crippen molar-refractivity contribution in [2.24, 2.45) is 0 Å². The molecule has 0 aromatic heterocycles. The molecule has 3 aromatic carbocycles. The van der Waals surface area contributed by atoms with Gasteiger partial charge in [0, 0.05) is 11.7 Å². The third-order valence-electron chi connectivity index (χ3n) is 4.12. The Kier molecular flexibility index (Phi) is 5.70. The van der Waals surface area contributed by atoms with Gasteiger partial charge < -0.3 is 16.0 Å². The lowest BCUT2D eigenvalue weighted by Gasteiger charge is -2.19. The first-order valence-corrected chi connectivity index (χ1v) is 8.64. The van der Waals surface area contributed by atoms with Crippen LogP contribution in [0.15, 0.2) is 78.9 Å². The minimum atomic E-state index is -0.346. The summed E-state index contributed by atoms with van der Waals surface area (Å²) in [5.74, 6) is 0. The van der Waals surface area contributed by atoms with Crippen LogP contribution in [0.25, 0.3) is 0 Å². The van der Waals surface area contributed by atoms with Gasteiger partial charge in [0.15, 0.2) is 0 Å². The molecule has 27 heavy (non-hydrogen) atoms. The van der Waals surface area contributed by atoms with E-state index in [1.807, 2.05) is 48.5 Å². The van der Waals surface area contributed by atoms with Gasteiger partial charge in [-0.1, -0.05) is 42.5 Å². The van der Waals surface area contributed by atoms with E-state index in [9.17, 15) is 4.79 Å². The molecule has 5 nitrogen and oxygen atoms in total. The lowest BCUT2D eigenvalue weighted by atomic mass is 10.1. The predicted molar refractivity (Wildman–Crippen MR) is 109 cm³/mol. The fourth-order valence-electron chi connectivity index (χ4n) is 2.69. The molecule has 3 N–H and O–H groups in total. The molecule has 0 heterocycles. The van der Waals surface area contributed by atoms with E-state index in [-0.39, 0.29) is 12.1 Å². The Hall–Kier alpha value is -3.78.